The maximum atomic E-state index is 15.5. The zero-order valence-corrected chi connectivity index (χ0v) is 31.2. The van der Waals surface area contributed by atoms with Crippen molar-refractivity contribution >= 4 is 36.1 Å². The Balaban J connectivity index is 0.00000387. The number of hydrazine groups is 1. The van der Waals surface area contributed by atoms with E-state index in [1.165, 1.54) is 12.1 Å². The number of rotatable bonds is 12. The first-order valence-corrected chi connectivity index (χ1v) is 17.3. The van der Waals surface area contributed by atoms with Gasteiger partial charge in [-0.1, -0.05) is 18.9 Å². The number of thiol groups is 1. The van der Waals surface area contributed by atoms with E-state index in [0.29, 0.717) is 37.4 Å². The van der Waals surface area contributed by atoms with Crippen LogP contribution in [0.4, 0.5) is 40.8 Å². The second-order valence-electron chi connectivity index (χ2n) is 12.9. The molecule has 0 saturated heterocycles. The van der Waals surface area contributed by atoms with Gasteiger partial charge in [0, 0.05) is 23.9 Å². The third kappa shape index (κ3) is 9.94. The van der Waals surface area contributed by atoms with Crippen LogP contribution in [0.2, 0.25) is 0 Å². The Morgan fingerprint density at radius 1 is 0.983 bits per heavy atom. The number of aromatic nitrogens is 2. The van der Waals surface area contributed by atoms with E-state index in [0.717, 1.165) is 23.2 Å². The quantitative estimate of drug-likeness (QED) is 0.0851. The number of hydrogen-bond donors (Lipinski definition) is 4. The first-order chi connectivity index (χ1) is 25.8. The summed E-state index contributed by atoms with van der Waals surface area (Å²) in [5.41, 5.74) is -7.20. The molecule has 1 atom stereocenters. The Bertz CT molecular complexity index is 2010. The first kappa shape index (κ1) is 49.0. The van der Waals surface area contributed by atoms with Crippen molar-refractivity contribution in [1.29, 1.82) is 0 Å². The van der Waals surface area contributed by atoms with Crippen LogP contribution >= 0.6 is 12.6 Å². The fourth-order valence-corrected chi connectivity index (χ4v) is 6.88. The number of nitrogens with zero attached hydrogens (tertiary/aromatic N) is 4. The van der Waals surface area contributed by atoms with E-state index in [-0.39, 0.29) is 60.0 Å². The summed E-state index contributed by atoms with van der Waals surface area (Å²) in [6, 6.07) is 4.35. The standard InChI is InChI=1S/C35H33F8N5O6S.3H2O/c1-47-33(10-2-3-11-33)29(49)26(31(51)48(47)15-18-6-9-24(28(37)27(18)36)54-12-4-5-19(16-55)32(52)53)30(50)46-22-8-7-20(34(38,39)40)13-21(22)23-14-25(35(41,42)43)45-17-44-23;;;/h6-9,13-14,17,19,49,55H,2-5,10-12,15-16H2,1H3,(H,46,50)(H,52,53);3*1H2/t19-;;;/m0.../s1. The molecule has 9 N–H and O–H groups in total. The molecule has 2 heterocycles. The van der Waals surface area contributed by atoms with E-state index in [4.69, 9.17) is 9.84 Å². The summed E-state index contributed by atoms with van der Waals surface area (Å²) in [7, 11) is 1.40. The fourth-order valence-electron chi connectivity index (χ4n) is 6.54. The number of aliphatic carboxylic acids is 1. The van der Waals surface area contributed by atoms with Gasteiger partial charge in [0.2, 0.25) is 5.82 Å². The number of aliphatic hydroxyl groups excluding tert-OH is 1. The van der Waals surface area contributed by atoms with E-state index < -0.39 is 105 Å². The van der Waals surface area contributed by atoms with Crippen LogP contribution in [-0.4, -0.2) is 89.4 Å². The minimum Gasteiger partial charge on any atom is -0.509 e. The molecular formula is C35H39F8N5O9S. The Labute approximate surface area is 329 Å². The van der Waals surface area contributed by atoms with Crippen LogP contribution < -0.4 is 10.1 Å². The molecule has 1 aliphatic heterocycles. The highest BCUT2D eigenvalue weighted by atomic mass is 32.1. The van der Waals surface area contributed by atoms with Crippen molar-refractivity contribution in [3.8, 4) is 17.0 Å². The lowest BCUT2D eigenvalue weighted by atomic mass is 9.88. The number of carbonyl (C=O) groups excluding carboxylic acids is 2. The van der Waals surface area contributed by atoms with Crippen molar-refractivity contribution in [2.45, 2.75) is 63.0 Å². The summed E-state index contributed by atoms with van der Waals surface area (Å²) in [6.07, 6.45) is -7.71. The van der Waals surface area contributed by atoms with Crippen molar-refractivity contribution in [3.63, 3.8) is 0 Å². The molecule has 14 nitrogen and oxygen atoms in total. The number of aliphatic hydroxyl groups is 1. The predicted molar refractivity (Wildman–Crippen MR) is 192 cm³/mol. The molecule has 0 unspecified atom stereocenters. The molecule has 2 aromatic carbocycles. The number of carbonyl (C=O) groups is 3. The highest BCUT2D eigenvalue weighted by Gasteiger charge is 2.53. The number of anilines is 1. The summed E-state index contributed by atoms with van der Waals surface area (Å²) in [5.74, 6) is -8.31. The van der Waals surface area contributed by atoms with Gasteiger partial charge in [-0.15, -0.1) is 0 Å². The van der Waals surface area contributed by atoms with Gasteiger partial charge in [0.05, 0.1) is 41.6 Å². The number of halogens is 8. The van der Waals surface area contributed by atoms with E-state index >= 15 is 8.78 Å². The monoisotopic (exact) mass is 857 g/mol. The average Bonchev–Trinajstić information content (AvgIpc) is 3.62. The third-order valence-corrected chi connectivity index (χ3v) is 10.0. The van der Waals surface area contributed by atoms with Gasteiger partial charge < -0.3 is 36.7 Å². The van der Waals surface area contributed by atoms with E-state index in [2.05, 4.69) is 27.9 Å². The van der Waals surface area contributed by atoms with Crippen LogP contribution in [0, 0.1) is 17.6 Å². The summed E-state index contributed by atoms with van der Waals surface area (Å²) < 4.78 is 117. The third-order valence-electron chi connectivity index (χ3n) is 9.56. The molecule has 1 fully saturated rings. The van der Waals surface area contributed by atoms with Crippen LogP contribution in [0.5, 0.6) is 5.75 Å². The molecule has 1 aliphatic carbocycles. The lowest BCUT2D eigenvalue weighted by Gasteiger charge is -2.48. The molecule has 2 aliphatic rings. The molecule has 2 amide bonds. The summed E-state index contributed by atoms with van der Waals surface area (Å²) in [5, 5.41) is 25.1. The largest absolute Gasteiger partial charge is 0.509 e. The van der Waals surface area contributed by atoms with Crippen LogP contribution in [0.3, 0.4) is 0 Å². The summed E-state index contributed by atoms with van der Waals surface area (Å²) >= 11 is 3.97. The molecule has 58 heavy (non-hydrogen) atoms. The summed E-state index contributed by atoms with van der Waals surface area (Å²) in [4.78, 5) is 45.9. The Morgan fingerprint density at radius 2 is 1.64 bits per heavy atom. The molecule has 1 aromatic heterocycles. The van der Waals surface area contributed by atoms with Crippen molar-refractivity contribution in [2.24, 2.45) is 5.92 Å². The van der Waals surface area contributed by atoms with Crippen LogP contribution in [0.25, 0.3) is 11.3 Å². The number of amides is 2. The number of carboxylic acids is 1. The topological polar surface area (TPSA) is 240 Å². The minimum absolute atomic E-state index is 0. The normalized spacial score (nSPS) is 16.0. The molecule has 0 bridgehead atoms. The second-order valence-corrected chi connectivity index (χ2v) is 13.3. The Morgan fingerprint density at radius 3 is 2.22 bits per heavy atom. The molecule has 5 rings (SSSR count). The number of alkyl halides is 6. The number of likely N-dealkylation sites (N-methyl/N-ethyl adjacent to an activating group) is 1. The van der Waals surface area contributed by atoms with Crippen molar-refractivity contribution in [3.05, 3.63) is 82.5 Å². The molecule has 23 heteroatoms. The van der Waals surface area contributed by atoms with Gasteiger partial charge in [0.25, 0.3) is 11.8 Å². The molecule has 320 valence electrons. The van der Waals surface area contributed by atoms with Crippen LogP contribution in [-0.2, 0) is 33.3 Å². The molecule has 1 spiro atoms. The SMILES string of the molecule is CN1N(Cc2ccc(OCCC[C@@H](CS)C(=O)O)c(F)c2F)C(=O)C(C(=O)Nc2ccc(C(F)(F)F)cc2-c2cc(C(F)(F)F)ncn2)=C(O)C12CCCC2.O.O.O. The number of benzene rings is 2. The lowest BCUT2D eigenvalue weighted by molar-refractivity contribution is -0.163. The highest BCUT2D eigenvalue weighted by Crippen LogP contribution is 2.45. The maximum absolute atomic E-state index is 15.5. The molecule has 1 saturated carbocycles. The number of hydrogen-bond acceptors (Lipinski definition) is 9. The summed E-state index contributed by atoms with van der Waals surface area (Å²) in [6.45, 7) is -0.813. The van der Waals surface area contributed by atoms with E-state index in [9.17, 15) is 45.8 Å². The van der Waals surface area contributed by atoms with Gasteiger partial charge >= 0.3 is 18.3 Å². The second kappa shape index (κ2) is 19.1. The smallest absolute Gasteiger partial charge is 0.433 e. The number of carboxylic acid groups (broad SMARTS) is 1. The van der Waals surface area contributed by atoms with Gasteiger partial charge in [-0.3, -0.25) is 19.4 Å². The number of ether oxygens (including phenoxy) is 1. The van der Waals surface area contributed by atoms with Gasteiger partial charge in [-0.05, 0) is 56.0 Å². The average molecular weight is 858 g/mol. The van der Waals surface area contributed by atoms with Crippen molar-refractivity contribution in [2.75, 3.05) is 24.7 Å². The minimum atomic E-state index is -5.01. The molecular weight excluding hydrogens is 818 g/mol. The predicted octanol–water partition coefficient (Wildman–Crippen LogP) is 4.73. The highest BCUT2D eigenvalue weighted by molar-refractivity contribution is 7.80. The molecule has 0 radical (unpaired) electrons. The van der Waals surface area contributed by atoms with Gasteiger partial charge in [-0.2, -0.15) is 43.4 Å². The lowest BCUT2D eigenvalue weighted by Crippen LogP contribution is -2.62. The zero-order chi connectivity index (χ0) is 40.5. The van der Waals surface area contributed by atoms with Gasteiger partial charge in [0.1, 0.15) is 23.4 Å². The van der Waals surface area contributed by atoms with E-state index in [1.807, 2.05) is 0 Å². The van der Waals surface area contributed by atoms with Crippen LogP contribution in [0.15, 0.2) is 54.1 Å². The maximum Gasteiger partial charge on any atom is 0.433 e. The van der Waals surface area contributed by atoms with Gasteiger partial charge in [-0.25, -0.2) is 19.4 Å². The van der Waals surface area contributed by atoms with Crippen molar-refractivity contribution < 1.29 is 80.9 Å². The van der Waals surface area contributed by atoms with Crippen LogP contribution in [0.1, 0.15) is 55.3 Å². The first-order valence-electron chi connectivity index (χ1n) is 16.6. The molecule has 3 aromatic rings. The Hall–Kier alpha value is -5.10. The zero-order valence-electron chi connectivity index (χ0n) is 30.3. The fraction of sp³-hybridized carbons (Fsp3) is 0.400. The van der Waals surface area contributed by atoms with Crippen molar-refractivity contribution in [1.82, 2.24) is 20.0 Å². The van der Waals surface area contributed by atoms with Gasteiger partial charge in [0.15, 0.2) is 11.6 Å². The Kier molecular flexibility index (Phi) is 16.2. The number of nitrogens with one attached hydrogen (secondary N) is 1. The van der Waals surface area contributed by atoms with E-state index in [1.54, 1.807) is 0 Å².